The first-order chi connectivity index (χ1) is 13.2. The molecule has 1 saturated heterocycles. The van der Waals surface area contributed by atoms with Gasteiger partial charge in [0.2, 0.25) is 11.7 Å². The Morgan fingerprint density at radius 3 is 2.93 bits per heavy atom. The van der Waals surface area contributed by atoms with E-state index in [1.807, 2.05) is 17.5 Å². The van der Waals surface area contributed by atoms with Crippen LogP contribution < -0.4 is 5.32 Å². The van der Waals surface area contributed by atoms with Crippen molar-refractivity contribution in [3.63, 3.8) is 0 Å². The van der Waals surface area contributed by atoms with Crippen LogP contribution in [-0.2, 0) is 0 Å². The number of anilines is 1. The first-order valence-corrected chi connectivity index (χ1v) is 9.54. The van der Waals surface area contributed by atoms with Gasteiger partial charge in [-0.3, -0.25) is 0 Å². The van der Waals surface area contributed by atoms with E-state index in [1.54, 1.807) is 40.5 Å². The minimum absolute atomic E-state index is 0.0340. The molecule has 8 heteroatoms. The third kappa shape index (κ3) is 3.83. The van der Waals surface area contributed by atoms with Crippen molar-refractivity contribution in [3.8, 4) is 16.8 Å². The monoisotopic (exact) mass is 379 g/mol. The highest BCUT2D eigenvalue weighted by Crippen LogP contribution is 2.29. The summed E-state index contributed by atoms with van der Waals surface area (Å²) in [4.78, 5) is 19.8. The average Bonchev–Trinajstić information content (AvgIpc) is 3.40. The van der Waals surface area contributed by atoms with Gasteiger partial charge in [-0.15, -0.1) is 11.3 Å². The summed E-state index contributed by atoms with van der Waals surface area (Å²) in [5, 5.41) is 17.8. The van der Waals surface area contributed by atoms with Gasteiger partial charge in [0.25, 0.3) is 0 Å². The molecule has 1 aliphatic heterocycles. The van der Waals surface area contributed by atoms with Crippen LogP contribution in [-0.4, -0.2) is 34.2 Å². The Bertz CT molecular complexity index is 959. The van der Waals surface area contributed by atoms with Crippen molar-refractivity contribution < 1.29 is 9.32 Å². The minimum atomic E-state index is -0.164. The number of carbonyl (C=O) groups excluding carboxylic acids is 1. The van der Waals surface area contributed by atoms with Crippen molar-refractivity contribution in [1.82, 2.24) is 15.0 Å². The smallest absolute Gasteiger partial charge is 0.321 e. The molecule has 7 nitrogen and oxygen atoms in total. The molecule has 0 spiro atoms. The molecule has 3 heterocycles. The number of thiophene rings is 1. The molecule has 1 fully saturated rings. The fourth-order valence-electron chi connectivity index (χ4n) is 3.10. The van der Waals surface area contributed by atoms with E-state index in [-0.39, 0.29) is 11.9 Å². The Kier molecular flexibility index (Phi) is 4.85. The number of hydrogen-bond acceptors (Lipinski definition) is 6. The van der Waals surface area contributed by atoms with E-state index in [9.17, 15) is 4.79 Å². The molecule has 27 heavy (non-hydrogen) atoms. The van der Waals surface area contributed by atoms with Gasteiger partial charge in [0, 0.05) is 18.8 Å². The van der Waals surface area contributed by atoms with Gasteiger partial charge in [-0.05, 0) is 48.6 Å². The largest absolute Gasteiger partial charge is 0.339 e. The van der Waals surface area contributed by atoms with Crippen LogP contribution in [0.3, 0.4) is 0 Å². The van der Waals surface area contributed by atoms with Crippen molar-refractivity contribution in [2.45, 2.75) is 18.8 Å². The zero-order valence-corrected chi connectivity index (χ0v) is 15.3. The molecule has 2 aromatic heterocycles. The van der Waals surface area contributed by atoms with Crippen molar-refractivity contribution >= 4 is 23.1 Å². The number of benzene rings is 1. The Balaban J connectivity index is 1.41. The van der Waals surface area contributed by atoms with Crippen molar-refractivity contribution in [2.24, 2.45) is 0 Å². The van der Waals surface area contributed by atoms with Gasteiger partial charge in [-0.2, -0.15) is 10.2 Å². The number of aromatic nitrogens is 2. The van der Waals surface area contributed by atoms with E-state index in [0.29, 0.717) is 36.1 Å². The maximum absolute atomic E-state index is 12.6. The van der Waals surface area contributed by atoms with E-state index < -0.39 is 0 Å². The van der Waals surface area contributed by atoms with Crippen LogP contribution in [0, 0.1) is 11.3 Å². The molecule has 0 bridgehead atoms. The quantitative estimate of drug-likeness (QED) is 0.740. The third-order valence-electron chi connectivity index (χ3n) is 4.51. The molecular weight excluding hydrogens is 362 g/mol. The van der Waals surface area contributed by atoms with Gasteiger partial charge in [0.05, 0.1) is 22.4 Å². The predicted octanol–water partition coefficient (Wildman–Crippen LogP) is 4.08. The zero-order chi connectivity index (χ0) is 18.6. The molecule has 1 atom stereocenters. The molecule has 4 rings (SSSR count). The van der Waals surface area contributed by atoms with Crippen LogP contribution in [0.2, 0.25) is 0 Å². The van der Waals surface area contributed by atoms with Crippen LogP contribution >= 0.6 is 11.3 Å². The van der Waals surface area contributed by atoms with Gasteiger partial charge in [-0.1, -0.05) is 11.2 Å². The van der Waals surface area contributed by atoms with Gasteiger partial charge in [0.1, 0.15) is 0 Å². The lowest BCUT2D eigenvalue weighted by Gasteiger charge is -2.31. The maximum Gasteiger partial charge on any atom is 0.321 e. The molecule has 1 N–H and O–H groups in total. The van der Waals surface area contributed by atoms with Gasteiger partial charge in [0.15, 0.2) is 0 Å². The zero-order valence-electron chi connectivity index (χ0n) is 14.5. The summed E-state index contributed by atoms with van der Waals surface area (Å²) >= 11 is 1.57. The molecule has 2 amide bonds. The van der Waals surface area contributed by atoms with E-state index >= 15 is 0 Å². The number of urea groups is 1. The highest BCUT2D eigenvalue weighted by Gasteiger charge is 2.29. The van der Waals surface area contributed by atoms with Crippen molar-refractivity contribution in [3.05, 3.63) is 53.2 Å². The normalized spacial score (nSPS) is 16.7. The Morgan fingerprint density at radius 1 is 1.33 bits per heavy atom. The molecule has 3 aromatic rings. The average molecular weight is 379 g/mol. The van der Waals surface area contributed by atoms with Gasteiger partial charge < -0.3 is 14.7 Å². The second kappa shape index (κ2) is 7.60. The van der Waals surface area contributed by atoms with Crippen LogP contribution in [0.4, 0.5) is 10.5 Å². The lowest BCUT2D eigenvalue weighted by Crippen LogP contribution is -2.41. The predicted molar refractivity (Wildman–Crippen MR) is 101 cm³/mol. The molecule has 1 aromatic carbocycles. The standard InChI is InChI=1S/C19H17N5O2S/c20-11-13-5-7-15(8-6-13)21-19(25)24-9-1-3-14(12-24)18-22-17(23-26-18)16-4-2-10-27-16/h2,4-8,10,14H,1,3,9,12H2,(H,21,25)/t14-/m1/s1. The van der Waals surface area contributed by atoms with E-state index in [1.165, 1.54) is 0 Å². The third-order valence-corrected chi connectivity index (χ3v) is 5.37. The number of carbonyl (C=O) groups is 1. The SMILES string of the molecule is N#Cc1ccc(NC(=O)N2CCC[C@@H](c3nc(-c4cccs4)no3)C2)cc1. The lowest BCUT2D eigenvalue weighted by atomic mass is 9.98. The number of nitriles is 1. The molecule has 0 radical (unpaired) electrons. The number of nitrogens with one attached hydrogen (secondary N) is 1. The molecule has 0 saturated carbocycles. The topological polar surface area (TPSA) is 95.1 Å². The second-order valence-electron chi connectivity index (χ2n) is 6.34. The molecule has 136 valence electrons. The van der Waals surface area contributed by atoms with E-state index in [0.717, 1.165) is 17.7 Å². The fourth-order valence-corrected chi connectivity index (χ4v) is 3.75. The second-order valence-corrected chi connectivity index (χ2v) is 7.29. The number of likely N-dealkylation sites (tertiary alicyclic amines) is 1. The molecule has 0 unspecified atom stereocenters. The number of nitrogens with zero attached hydrogens (tertiary/aromatic N) is 4. The number of amides is 2. The van der Waals surface area contributed by atoms with E-state index in [4.69, 9.17) is 9.78 Å². The summed E-state index contributed by atoms with van der Waals surface area (Å²) in [6.07, 6.45) is 1.79. The minimum Gasteiger partial charge on any atom is -0.339 e. The van der Waals surface area contributed by atoms with E-state index in [2.05, 4.69) is 21.5 Å². The Labute approximate surface area is 160 Å². The molecule has 0 aliphatic carbocycles. The Hall–Kier alpha value is -3.18. The van der Waals surface area contributed by atoms with Crippen LogP contribution in [0.25, 0.3) is 10.7 Å². The maximum atomic E-state index is 12.6. The first kappa shape index (κ1) is 17.2. The Morgan fingerprint density at radius 2 is 2.19 bits per heavy atom. The van der Waals surface area contributed by atoms with Crippen LogP contribution in [0.1, 0.15) is 30.2 Å². The summed E-state index contributed by atoms with van der Waals surface area (Å²) < 4.78 is 5.46. The van der Waals surface area contributed by atoms with Crippen molar-refractivity contribution in [1.29, 1.82) is 5.26 Å². The summed E-state index contributed by atoms with van der Waals surface area (Å²) in [6, 6.07) is 12.6. The van der Waals surface area contributed by atoms with Gasteiger partial charge in [-0.25, -0.2) is 4.79 Å². The molecule has 1 aliphatic rings. The highest BCUT2D eigenvalue weighted by atomic mass is 32.1. The lowest BCUT2D eigenvalue weighted by molar-refractivity contribution is 0.184. The summed E-state index contributed by atoms with van der Waals surface area (Å²) in [5.74, 6) is 1.21. The fraction of sp³-hybridized carbons (Fsp3) is 0.263. The van der Waals surface area contributed by atoms with Crippen LogP contribution in [0.15, 0.2) is 46.3 Å². The number of rotatable bonds is 3. The summed E-state index contributed by atoms with van der Waals surface area (Å²) in [7, 11) is 0. The number of piperidine rings is 1. The first-order valence-electron chi connectivity index (χ1n) is 8.66. The van der Waals surface area contributed by atoms with Gasteiger partial charge >= 0.3 is 6.03 Å². The van der Waals surface area contributed by atoms with Crippen molar-refractivity contribution in [2.75, 3.05) is 18.4 Å². The highest BCUT2D eigenvalue weighted by molar-refractivity contribution is 7.13. The summed E-state index contributed by atoms with van der Waals surface area (Å²) in [6.45, 7) is 1.22. The summed E-state index contributed by atoms with van der Waals surface area (Å²) in [5.41, 5.74) is 1.22. The molecular formula is C19H17N5O2S. The number of hydrogen-bond donors (Lipinski definition) is 1. The van der Waals surface area contributed by atoms with Crippen LogP contribution in [0.5, 0.6) is 0 Å².